The highest BCUT2D eigenvalue weighted by Gasteiger charge is 2.15. The average Bonchev–Trinajstić information content (AvgIpc) is 2.90. The van der Waals surface area contributed by atoms with Crippen molar-refractivity contribution in [2.45, 2.75) is 44.8 Å². The van der Waals surface area contributed by atoms with Crippen LogP contribution in [0.4, 0.5) is 0 Å². The molecule has 90 valence electrons. The SMILES string of the molecule is CC(Cc1ccco1)NCCC1CCCO1. The highest BCUT2D eigenvalue weighted by atomic mass is 16.5. The molecule has 0 aliphatic carbocycles. The van der Waals surface area contributed by atoms with E-state index in [1.807, 2.05) is 12.1 Å². The van der Waals surface area contributed by atoms with Crippen LogP contribution in [0.25, 0.3) is 0 Å². The zero-order valence-electron chi connectivity index (χ0n) is 9.95. The highest BCUT2D eigenvalue weighted by Crippen LogP contribution is 2.14. The second kappa shape index (κ2) is 6.06. The first kappa shape index (κ1) is 11.7. The third-order valence-electron chi connectivity index (χ3n) is 3.07. The normalized spacial score (nSPS) is 22.4. The van der Waals surface area contributed by atoms with Gasteiger partial charge in [0, 0.05) is 19.1 Å². The van der Waals surface area contributed by atoms with E-state index in [0.717, 1.165) is 31.8 Å². The summed E-state index contributed by atoms with van der Waals surface area (Å²) in [5.41, 5.74) is 0. The Morgan fingerprint density at radius 2 is 2.50 bits per heavy atom. The fourth-order valence-electron chi connectivity index (χ4n) is 2.17. The van der Waals surface area contributed by atoms with E-state index in [4.69, 9.17) is 9.15 Å². The van der Waals surface area contributed by atoms with Gasteiger partial charge < -0.3 is 14.5 Å². The molecule has 2 heterocycles. The summed E-state index contributed by atoms with van der Waals surface area (Å²) >= 11 is 0. The summed E-state index contributed by atoms with van der Waals surface area (Å²) < 4.78 is 10.9. The Morgan fingerprint density at radius 1 is 1.56 bits per heavy atom. The molecule has 0 saturated carbocycles. The molecule has 1 fully saturated rings. The molecular formula is C13H21NO2. The van der Waals surface area contributed by atoms with Crippen LogP contribution in [0.5, 0.6) is 0 Å². The summed E-state index contributed by atoms with van der Waals surface area (Å²) in [6.07, 6.45) is 6.76. The Kier molecular flexibility index (Phi) is 4.43. The molecule has 1 aliphatic rings. The van der Waals surface area contributed by atoms with Gasteiger partial charge in [-0.25, -0.2) is 0 Å². The van der Waals surface area contributed by atoms with Gasteiger partial charge in [-0.15, -0.1) is 0 Å². The van der Waals surface area contributed by atoms with E-state index < -0.39 is 0 Å². The van der Waals surface area contributed by atoms with Crippen molar-refractivity contribution in [1.29, 1.82) is 0 Å². The van der Waals surface area contributed by atoms with Gasteiger partial charge in [-0.05, 0) is 44.9 Å². The largest absolute Gasteiger partial charge is 0.469 e. The van der Waals surface area contributed by atoms with Crippen LogP contribution in [-0.4, -0.2) is 25.3 Å². The van der Waals surface area contributed by atoms with Crippen LogP contribution in [-0.2, 0) is 11.2 Å². The van der Waals surface area contributed by atoms with E-state index in [2.05, 4.69) is 12.2 Å². The third-order valence-corrected chi connectivity index (χ3v) is 3.07. The van der Waals surface area contributed by atoms with Crippen molar-refractivity contribution in [3.63, 3.8) is 0 Å². The molecule has 3 nitrogen and oxygen atoms in total. The van der Waals surface area contributed by atoms with E-state index >= 15 is 0 Å². The first-order chi connectivity index (χ1) is 7.84. The van der Waals surface area contributed by atoms with Crippen molar-refractivity contribution in [3.05, 3.63) is 24.2 Å². The second-order valence-electron chi connectivity index (χ2n) is 4.56. The van der Waals surface area contributed by atoms with Crippen LogP contribution in [0.3, 0.4) is 0 Å². The molecule has 1 saturated heterocycles. The molecule has 3 heteroatoms. The Hall–Kier alpha value is -0.800. The van der Waals surface area contributed by atoms with Gasteiger partial charge in [0.1, 0.15) is 5.76 Å². The monoisotopic (exact) mass is 223 g/mol. The molecule has 1 aromatic heterocycles. The summed E-state index contributed by atoms with van der Waals surface area (Å²) in [6.45, 7) is 4.18. The van der Waals surface area contributed by atoms with Crippen LogP contribution in [0.15, 0.2) is 22.8 Å². The summed E-state index contributed by atoms with van der Waals surface area (Å²) in [4.78, 5) is 0. The number of ether oxygens (including phenoxy) is 1. The molecule has 0 amide bonds. The number of rotatable bonds is 6. The Bertz CT molecular complexity index is 278. The van der Waals surface area contributed by atoms with Crippen LogP contribution in [0.2, 0.25) is 0 Å². The standard InChI is InChI=1S/C13H21NO2/c1-11(10-13-5-3-9-16-13)14-7-6-12-4-2-8-15-12/h3,5,9,11-12,14H,2,4,6-8,10H2,1H3. The van der Waals surface area contributed by atoms with Gasteiger partial charge in [-0.2, -0.15) is 0 Å². The third kappa shape index (κ3) is 3.65. The molecule has 2 atom stereocenters. The maximum Gasteiger partial charge on any atom is 0.105 e. The maximum atomic E-state index is 5.58. The Labute approximate surface area is 97.2 Å². The van der Waals surface area contributed by atoms with Gasteiger partial charge in [0.15, 0.2) is 0 Å². The van der Waals surface area contributed by atoms with Crippen molar-refractivity contribution in [1.82, 2.24) is 5.32 Å². The van der Waals surface area contributed by atoms with Gasteiger partial charge in [-0.1, -0.05) is 0 Å². The quantitative estimate of drug-likeness (QED) is 0.804. The van der Waals surface area contributed by atoms with Gasteiger partial charge in [0.2, 0.25) is 0 Å². The van der Waals surface area contributed by atoms with Crippen molar-refractivity contribution in [2.24, 2.45) is 0 Å². The Balaban J connectivity index is 1.58. The molecule has 0 aromatic carbocycles. The minimum absolute atomic E-state index is 0.465. The highest BCUT2D eigenvalue weighted by molar-refractivity contribution is 4.99. The topological polar surface area (TPSA) is 34.4 Å². The number of nitrogens with one attached hydrogen (secondary N) is 1. The second-order valence-corrected chi connectivity index (χ2v) is 4.56. The first-order valence-electron chi connectivity index (χ1n) is 6.22. The zero-order valence-corrected chi connectivity index (χ0v) is 9.95. The van der Waals surface area contributed by atoms with Gasteiger partial charge >= 0.3 is 0 Å². The smallest absolute Gasteiger partial charge is 0.105 e. The van der Waals surface area contributed by atoms with E-state index in [1.165, 1.54) is 12.8 Å². The molecule has 1 N–H and O–H groups in total. The van der Waals surface area contributed by atoms with E-state index in [-0.39, 0.29) is 0 Å². The van der Waals surface area contributed by atoms with Gasteiger partial charge in [0.25, 0.3) is 0 Å². The van der Waals surface area contributed by atoms with Gasteiger partial charge in [-0.3, -0.25) is 0 Å². The zero-order chi connectivity index (χ0) is 11.2. The minimum atomic E-state index is 0.465. The lowest BCUT2D eigenvalue weighted by Gasteiger charge is -2.14. The van der Waals surface area contributed by atoms with E-state index in [1.54, 1.807) is 6.26 Å². The summed E-state index contributed by atoms with van der Waals surface area (Å²) in [6, 6.07) is 4.43. The molecule has 1 aromatic rings. The fourth-order valence-corrected chi connectivity index (χ4v) is 2.17. The van der Waals surface area contributed by atoms with E-state index in [9.17, 15) is 0 Å². The van der Waals surface area contributed by atoms with E-state index in [0.29, 0.717) is 12.1 Å². The fraction of sp³-hybridized carbons (Fsp3) is 0.692. The molecule has 2 rings (SSSR count). The van der Waals surface area contributed by atoms with Crippen LogP contribution < -0.4 is 5.32 Å². The maximum absolute atomic E-state index is 5.58. The van der Waals surface area contributed by atoms with Crippen molar-refractivity contribution >= 4 is 0 Å². The molecule has 2 unspecified atom stereocenters. The first-order valence-corrected chi connectivity index (χ1v) is 6.22. The van der Waals surface area contributed by atoms with Crippen LogP contribution in [0, 0.1) is 0 Å². The number of furan rings is 1. The lowest BCUT2D eigenvalue weighted by atomic mass is 10.1. The molecule has 0 bridgehead atoms. The Morgan fingerprint density at radius 3 is 3.19 bits per heavy atom. The van der Waals surface area contributed by atoms with Crippen LogP contribution in [0.1, 0.15) is 31.9 Å². The summed E-state index contributed by atoms with van der Waals surface area (Å²) in [5, 5.41) is 3.51. The summed E-state index contributed by atoms with van der Waals surface area (Å²) in [7, 11) is 0. The lowest BCUT2D eigenvalue weighted by molar-refractivity contribution is 0.103. The lowest BCUT2D eigenvalue weighted by Crippen LogP contribution is -2.30. The predicted octanol–water partition coefficient (Wildman–Crippen LogP) is 2.37. The average molecular weight is 223 g/mol. The van der Waals surface area contributed by atoms with Crippen molar-refractivity contribution < 1.29 is 9.15 Å². The minimum Gasteiger partial charge on any atom is -0.469 e. The predicted molar refractivity (Wildman–Crippen MR) is 63.5 cm³/mol. The van der Waals surface area contributed by atoms with Crippen molar-refractivity contribution in [2.75, 3.05) is 13.2 Å². The number of hydrogen-bond donors (Lipinski definition) is 1. The molecule has 0 radical (unpaired) electrons. The van der Waals surface area contributed by atoms with Crippen LogP contribution >= 0.6 is 0 Å². The molecule has 0 spiro atoms. The van der Waals surface area contributed by atoms with Crippen molar-refractivity contribution in [3.8, 4) is 0 Å². The summed E-state index contributed by atoms with van der Waals surface area (Å²) in [5.74, 6) is 1.05. The molecule has 16 heavy (non-hydrogen) atoms. The number of hydrogen-bond acceptors (Lipinski definition) is 3. The molecular weight excluding hydrogens is 202 g/mol. The molecule has 1 aliphatic heterocycles. The van der Waals surface area contributed by atoms with Gasteiger partial charge in [0.05, 0.1) is 12.4 Å².